The Kier molecular flexibility index (Phi) is 5.13. The summed E-state index contributed by atoms with van der Waals surface area (Å²) < 4.78 is 0. The molecule has 0 aliphatic rings. The number of carbonyl (C=O) groups is 2. The quantitative estimate of drug-likeness (QED) is 0.453. The fourth-order valence-electron chi connectivity index (χ4n) is 2.34. The Morgan fingerprint density at radius 3 is 2.31 bits per heavy atom. The summed E-state index contributed by atoms with van der Waals surface area (Å²) in [5.41, 5.74) is 5.04. The number of aromatic hydroxyl groups is 1. The smallest absolute Gasteiger partial charge is 0.328 e. The predicted molar refractivity (Wildman–Crippen MR) is 98.9 cm³/mol. The lowest BCUT2D eigenvalue weighted by atomic mass is 10.1. The third kappa shape index (κ3) is 3.50. The van der Waals surface area contributed by atoms with Gasteiger partial charge in [-0.15, -0.1) is 0 Å². The number of Topliss-reactive ketones (excluding diaryl/α,β-unsaturated/α-hetero) is 1. The maximum absolute atomic E-state index is 12.3. The van der Waals surface area contributed by atoms with E-state index >= 15 is 0 Å². The fourth-order valence-corrected chi connectivity index (χ4v) is 3.39. The van der Waals surface area contributed by atoms with Crippen molar-refractivity contribution in [3.63, 3.8) is 0 Å². The lowest BCUT2D eigenvalue weighted by molar-refractivity contribution is -0.137. The molecule has 1 atom stereocenters. The highest BCUT2D eigenvalue weighted by molar-refractivity contribution is 7.99. The molecule has 0 saturated heterocycles. The highest BCUT2D eigenvalue weighted by Gasteiger charge is 2.28. The molecule has 3 rings (SSSR count). The van der Waals surface area contributed by atoms with Gasteiger partial charge in [0.2, 0.25) is 5.78 Å². The predicted octanol–water partition coefficient (Wildman–Crippen LogP) is 3.34. The van der Waals surface area contributed by atoms with E-state index in [1.165, 1.54) is 11.8 Å². The van der Waals surface area contributed by atoms with Crippen LogP contribution in [-0.2, 0) is 4.79 Å². The molecular formula is C18H13ClN2O4S. The van der Waals surface area contributed by atoms with Crippen LogP contribution in [-0.4, -0.2) is 33.0 Å². The summed E-state index contributed by atoms with van der Waals surface area (Å²) >= 11 is 7.15. The summed E-state index contributed by atoms with van der Waals surface area (Å²) in [5, 5.41) is 21.4. The van der Waals surface area contributed by atoms with Gasteiger partial charge in [0.25, 0.3) is 0 Å². The monoisotopic (exact) mass is 388 g/mol. The number of hydrogen-bond donors (Lipinski definition) is 3. The number of carboxylic acid groups (broad SMARTS) is 1. The average molecular weight is 389 g/mol. The number of nitrogens with two attached hydrogens (primary N) is 1. The number of aromatic nitrogens is 1. The molecule has 0 spiro atoms. The van der Waals surface area contributed by atoms with Gasteiger partial charge in [-0.3, -0.25) is 9.59 Å². The van der Waals surface area contributed by atoms with Crippen molar-refractivity contribution >= 4 is 45.9 Å². The van der Waals surface area contributed by atoms with Crippen molar-refractivity contribution < 1.29 is 19.8 Å². The molecule has 0 saturated carbocycles. The van der Waals surface area contributed by atoms with Crippen molar-refractivity contribution in [1.29, 1.82) is 0 Å². The van der Waals surface area contributed by atoms with E-state index in [0.717, 1.165) is 4.90 Å². The van der Waals surface area contributed by atoms with E-state index < -0.39 is 17.8 Å². The van der Waals surface area contributed by atoms with Gasteiger partial charge >= 0.3 is 5.97 Å². The first-order valence-corrected chi connectivity index (χ1v) is 8.65. The Morgan fingerprint density at radius 2 is 1.69 bits per heavy atom. The molecule has 0 bridgehead atoms. The lowest BCUT2D eigenvalue weighted by Gasteiger charge is -2.12. The molecule has 6 nitrogen and oxygen atoms in total. The van der Waals surface area contributed by atoms with Crippen molar-refractivity contribution in [2.45, 2.75) is 16.0 Å². The van der Waals surface area contributed by atoms with Crippen LogP contribution >= 0.6 is 23.4 Å². The summed E-state index contributed by atoms with van der Waals surface area (Å²) in [4.78, 5) is 28.4. The number of halogens is 1. The molecule has 0 aliphatic heterocycles. The van der Waals surface area contributed by atoms with Crippen molar-refractivity contribution in [2.75, 3.05) is 0 Å². The van der Waals surface area contributed by atoms with Gasteiger partial charge in [-0.1, -0.05) is 47.6 Å². The zero-order valence-electron chi connectivity index (χ0n) is 13.2. The number of ketones is 1. The van der Waals surface area contributed by atoms with Gasteiger partial charge in [-0.25, -0.2) is 4.98 Å². The molecule has 132 valence electrons. The summed E-state index contributed by atoms with van der Waals surface area (Å²) in [7, 11) is 0. The third-order valence-electron chi connectivity index (χ3n) is 3.66. The highest BCUT2D eigenvalue weighted by Crippen LogP contribution is 2.37. The molecule has 26 heavy (non-hydrogen) atoms. The van der Waals surface area contributed by atoms with Gasteiger partial charge in [0.1, 0.15) is 5.03 Å². The lowest BCUT2D eigenvalue weighted by Crippen LogP contribution is -2.39. The Labute approximate surface area is 157 Å². The van der Waals surface area contributed by atoms with Crippen molar-refractivity contribution in [2.24, 2.45) is 5.73 Å². The zero-order chi connectivity index (χ0) is 18.8. The van der Waals surface area contributed by atoms with Crippen LogP contribution < -0.4 is 5.73 Å². The van der Waals surface area contributed by atoms with Gasteiger partial charge < -0.3 is 15.9 Å². The van der Waals surface area contributed by atoms with Crippen LogP contribution in [0, 0.1) is 0 Å². The topological polar surface area (TPSA) is 114 Å². The summed E-state index contributed by atoms with van der Waals surface area (Å²) in [6, 6.07) is 12.1. The average Bonchev–Trinajstić information content (AvgIpc) is 2.64. The van der Waals surface area contributed by atoms with Crippen LogP contribution in [0.2, 0.25) is 5.02 Å². The van der Waals surface area contributed by atoms with Crippen LogP contribution in [0.4, 0.5) is 0 Å². The van der Waals surface area contributed by atoms with Gasteiger partial charge in [-0.05, 0) is 24.3 Å². The largest absolute Gasteiger partial charge is 0.505 e. The molecule has 2 aromatic carbocycles. The van der Waals surface area contributed by atoms with Crippen LogP contribution in [0.5, 0.6) is 5.75 Å². The van der Waals surface area contributed by atoms with E-state index in [4.69, 9.17) is 22.4 Å². The van der Waals surface area contributed by atoms with Crippen LogP contribution in [0.15, 0.2) is 58.5 Å². The SMILES string of the molecule is NC(C(=O)O)C(=O)c1nc(Sc2ccc(Cl)cc2)c2ccccc2c1O. The Bertz CT molecular complexity index is 1010. The highest BCUT2D eigenvalue weighted by atomic mass is 35.5. The minimum Gasteiger partial charge on any atom is -0.505 e. The molecular weight excluding hydrogens is 376 g/mol. The van der Waals surface area contributed by atoms with Gasteiger partial charge in [0.15, 0.2) is 17.5 Å². The number of carbonyl (C=O) groups excluding carboxylic acids is 1. The van der Waals surface area contributed by atoms with E-state index in [0.29, 0.717) is 20.8 Å². The fraction of sp³-hybridized carbons (Fsp3) is 0.0556. The minimum atomic E-state index is -1.80. The summed E-state index contributed by atoms with van der Waals surface area (Å²) in [6.45, 7) is 0. The molecule has 0 amide bonds. The second-order valence-corrected chi connectivity index (χ2v) is 6.89. The maximum atomic E-state index is 12.3. The molecule has 8 heteroatoms. The first-order valence-electron chi connectivity index (χ1n) is 7.46. The van der Waals surface area contributed by atoms with Gasteiger partial charge in [-0.2, -0.15) is 0 Å². The van der Waals surface area contributed by atoms with E-state index in [9.17, 15) is 14.7 Å². The number of rotatable bonds is 5. The van der Waals surface area contributed by atoms with Crippen LogP contribution in [0.3, 0.4) is 0 Å². The molecule has 0 fully saturated rings. The van der Waals surface area contributed by atoms with Crippen LogP contribution in [0.1, 0.15) is 10.5 Å². The maximum Gasteiger partial charge on any atom is 0.328 e. The van der Waals surface area contributed by atoms with Gasteiger partial charge in [0.05, 0.1) is 0 Å². The summed E-state index contributed by atoms with van der Waals surface area (Å²) in [5.74, 6) is -2.84. The number of benzene rings is 2. The minimum absolute atomic E-state index is 0.366. The zero-order valence-corrected chi connectivity index (χ0v) is 14.8. The van der Waals surface area contributed by atoms with E-state index in [2.05, 4.69) is 4.98 Å². The van der Waals surface area contributed by atoms with Gasteiger partial charge in [0, 0.05) is 20.7 Å². The Balaban J connectivity index is 2.15. The number of hydrogen-bond acceptors (Lipinski definition) is 6. The standard InChI is InChI=1S/C18H13ClN2O4S/c19-9-5-7-10(8-6-9)26-17-12-4-2-1-3-11(12)15(22)14(21-17)16(23)13(20)18(24)25/h1-8,13,22H,20H2,(H,24,25). The normalized spacial score (nSPS) is 12.1. The second-order valence-electron chi connectivity index (χ2n) is 5.40. The second kappa shape index (κ2) is 7.33. The first-order chi connectivity index (χ1) is 12.4. The third-order valence-corrected chi connectivity index (χ3v) is 4.92. The first kappa shape index (κ1) is 18.2. The van der Waals surface area contributed by atoms with Crippen molar-refractivity contribution in [1.82, 2.24) is 4.98 Å². The Hall–Kier alpha value is -2.61. The summed E-state index contributed by atoms with van der Waals surface area (Å²) in [6.07, 6.45) is 0. The van der Waals surface area contributed by atoms with E-state index in [1.807, 2.05) is 0 Å². The van der Waals surface area contributed by atoms with Crippen LogP contribution in [0.25, 0.3) is 10.8 Å². The molecule has 4 N–H and O–H groups in total. The number of aliphatic carboxylic acids is 1. The number of nitrogens with zero attached hydrogens (tertiary/aromatic N) is 1. The Morgan fingerprint density at radius 1 is 1.08 bits per heavy atom. The molecule has 0 aliphatic carbocycles. The molecule has 3 aromatic rings. The van der Waals surface area contributed by atoms with E-state index in [1.54, 1.807) is 48.5 Å². The van der Waals surface area contributed by atoms with Crippen molar-refractivity contribution in [3.05, 3.63) is 59.2 Å². The number of carboxylic acids is 1. The number of pyridine rings is 1. The van der Waals surface area contributed by atoms with Crippen molar-refractivity contribution in [3.8, 4) is 5.75 Å². The molecule has 1 aromatic heterocycles. The molecule has 1 heterocycles. The molecule has 1 unspecified atom stereocenters. The van der Waals surface area contributed by atoms with E-state index in [-0.39, 0.29) is 11.4 Å². The molecule has 0 radical (unpaired) electrons. The number of fused-ring (bicyclic) bond motifs is 1.